The van der Waals surface area contributed by atoms with E-state index in [1.165, 1.54) is 13.2 Å². The van der Waals surface area contributed by atoms with Crippen LogP contribution < -0.4 is 19.5 Å². The van der Waals surface area contributed by atoms with E-state index in [-0.39, 0.29) is 11.7 Å². The molecule has 0 aliphatic rings. The first-order chi connectivity index (χ1) is 15.5. The van der Waals surface area contributed by atoms with Crippen molar-refractivity contribution in [3.63, 3.8) is 0 Å². The summed E-state index contributed by atoms with van der Waals surface area (Å²) >= 11 is 0. The Balaban J connectivity index is 1.85. The number of nitrogens with zero attached hydrogens (tertiary/aromatic N) is 1. The van der Waals surface area contributed by atoms with Crippen LogP contribution in [-0.4, -0.2) is 37.3 Å². The first kappa shape index (κ1) is 21.0. The minimum Gasteiger partial charge on any atom is -0.508 e. The molecule has 7 heteroatoms. The summed E-state index contributed by atoms with van der Waals surface area (Å²) in [6.07, 6.45) is 0. The lowest BCUT2D eigenvalue weighted by Gasteiger charge is -2.15. The van der Waals surface area contributed by atoms with Crippen molar-refractivity contribution in [3.05, 3.63) is 72.3 Å². The second-order valence-electron chi connectivity index (χ2n) is 6.99. The average molecular weight is 430 g/mol. The molecule has 0 unspecified atom stereocenters. The third-order valence-corrected chi connectivity index (χ3v) is 5.03. The van der Waals surface area contributed by atoms with Crippen LogP contribution in [0.1, 0.15) is 10.4 Å². The molecule has 1 aromatic heterocycles. The number of carbonyl (C=O) groups is 1. The number of aromatic hydroxyl groups is 1. The van der Waals surface area contributed by atoms with Crippen molar-refractivity contribution in [2.75, 3.05) is 26.6 Å². The Morgan fingerprint density at radius 1 is 0.875 bits per heavy atom. The zero-order valence-corrected chi connectivity index (χ0v) is 17.9. The molecular weight excluding hydrogens is 408 g/mol. The molecular formula is C25H22N2O5. The number of rotatable bonds is 6. The number of nitrogens with one attached hydrogen (secondary N) is 1. The van der Waals surface area contributed by atoms with E-state index in [9.17, 15) is 9.90 Å². The number of para-hydroxylation sites is 1. The quantitative estimate of drug-likeness (QED) is 0.453. The summed E-state index contributed by atoms with van der Waals surface area (Å²) in [5, 5.41) is 13.3. The lowest BCUT2D eigenvalue weighted by molar-refractivity contribution is 0.102. The number of aromatic nitrogens is 1. The number of pyridine rings is 1. The lowest BCUT2D eigenvalue weighted by Crippen LogP contribution is -2.13. The van der Waals surface area contributed by atoms with E-state index in [2.05, 4.69) is 5.32 Å². The summed E-state index contributed by atoms with van der Waals surface area (Å²) < 4.78 is 16.3. The fraction of sp³-hybridized carbons (Fsp3) is 0.120. The van der Waals surface area contributed by atoms with Gasteiger partial charge < -0.3 is 24.6 Å². The van der Waals surface area contributed by atoms with Gasteiger partial charge in [-0.3, -0.25) is 4.79 Å². The minimum atomic E-state index is -0.317. The van der Waals surface area contributed by atoms with Crippen LogP contribution >= 0.6 is 0 Å². The average Bonchev–Trinajstić information content (AvgIpc) is 2.82. The summed E-state index contributed by atoms with van der Waals surface area (Å²) in [5.74, 6) is 1.20. The van der Waals surface area contributed by atoms with Crippen LogP contribution in [0, 0.1) is 0 Å². The number of phenolic OH excluding ortho intramolecular Hbond substituents is 1. The molecule has 0 aliphatic heterocycles. The Morgan fingerprint density at radius 3 is 2.25 bits per heavy atom. The molecule has 7 nitrogen and oxygen atoms in total. The molecule has 0 saturated carbocycles. The number of amides is 1. The number of anilines is 1. The summed E-state index contributed by atoms with van der Waals surface area (Å²) in [6, 6.07) is 19.1. The molecule has 4 aromatic rings. The predicted molar refractivity (Wildman–Crippen MR) is 123 cm³/mol. The maximum atomic E-state index is 13.2. The fourth-order valence-corrected chi connectivity index (χ4v) is 3.52. The summed E-state index contributed by atoms with van der Waals surface area (Å²) in [4.78, 5) is 17.9. The molecule has 0 aliphatic carbocycles. The van der Waals surface area contributed by atoms with Crippen molar-refractivity contribution >= 4 is 22.5 Å². The van der Waals surface area contributed by atoms with Gasteiger partial charge in [0, 0.05) is 22.7 Å². The van der Waals surface area contributed by atoms with Gasteiger partial charge in [-0.15, -0.1) is 0 Å². The van der Waals surface area contributed by atoms with Crippen LogP contribution in [0.4, 0.5) is 5.69 Å². The topological polar surface area (TPSA) is 89.9 Å². The molecule has 0 spiro atoms. The summed E-state index contributed by atoms with van der Waals surface area (Å²) in [7, 11) is 4.63. The molecule has 4 rings (SSSR count). The third kappa shape index (κ3) is 4.00. The van der Waals surface area contributed by atoms with Crippen LogP contribution in [0.5, 0.6) is 23.0 Å². The van der Waals surface area contributed by atoms with E-state index in [4.69, 9.17) is 19.2 Å². The van der Waals surface area contributed by atoms with Gasteiger partial charge in [-0.1, -0.05) is 24.3 Å². The van der Waals surface area contributed by atoms with Gasteiger partial charge in [-0.2, -0.15) is 0 Å². The third-order valence-electron chi connectivity index (χ3n) is 5.03. The highest BCUT2D eigenvalue weighted by atomic mass is 16.5. The number of phenols is 1. The second-order valence-corrected chi connectivity index (χ2v) is 6.99. The maximum Gasteiger partial charge on any atom is 0.256 e. The molecule has 0 radical (unpaired) electrons. The van der Waals surface area contributed by atoms with E-state index in [0.717, 1.165) is 0 Å². The van der Waals surface area contributed by atoms with Crippen molar-refractivity contribution in [2.45, 2.75) is 0 Å². The maximum absolute atomic E-state index is 13.2. The van der Waals surface area contributed by atoms with Crippen LogP contribution in [0.3, 0.4) is 0 Å². The largest absolute Gasteiger partial charge is 0.508 e. The monoisotopic (exact) mass is 430 g/mol. The first-order valence-corrected chi connectivity index (χ1v) is 9.84. The number of hydrogen-bond acceptors (Lipinski definition) is 6. The van der Waals surface area contributed by atoms with Gasteiger partial charge in [0.05, 0.1) is 38.1 Å². The molecule has 0 atom stereocenters. The zero-order valence-electron chi connectivity index (χ0n) is 17.9. The van der Waals surface area contributed by atoms with Crippen molar-refractivity contribution in [1.29, 1.82) is 0 Å². The van der Waals surface area contributed by atoms with E-state index < -0.39 is 0 Å². The van der Waals surface area contributed by atoms with Crippen molar-refractivity contribution < 1.29 is 24.1 Å². The van der Waals surface area contributed by atoms with Crippen molar-refractivity contribution in [1.82, 2.24) is 4.98 Å². The number of methoxy groups -OCH3 is 3. The Bertz CT molecular complexity index is 1280. The van der Waals surface area contributed by atoms with Gasteiger partial charge in [-0.25, -0.2) is 4.98 Å². The fourth-order valence-electron chi connectivity index (χ4n) is 3.52. The SMILES string of the molecule is COc1cc(-c2cc(C(=O)Nc3cccc(O)c3)c3ccccc3n2)cc(OC)c1OC. The molecule has 162 valence electrons. The number of carbonyl (C=O) groups excluding carboxylic acids is 1. The van der Waals surface area contributed by atoms with E-state index in [1.54, 1.807) is 50.6 Å². The van der Waals surface area contributed by atoms with Gasteiger partial charge in [0.25, 0.3) is 5.91 Å². The van der Waals surface area contributed by atoms with Gasteiger partial charge in [0.2, 0.25) is 5.75 Å². The Hall–Kier alpha value is -4.26. The van der Waals surface area contributed by atoms with Gasteiger partial charge in [-0.05, 0) is 36.4 Å². The molecule has 1 heterocycles. The highest BCUT2D eigenvalue weighted by molar-refractivity contribution is 6.13. The highest BCUT2D eigenvalue weighted by Gasteiger charge is 2.18. The molecule has 0 fully saturated rings. The minimum absolute atomic E-state index is 0.0699. The number of hydrogen-bond donors (Lipinski definition) is 2. The summed E-state index contributed by atoms with van der Waals surface area (Å²) in [6.45, 7) is 0. The Morgan fingerprint density at radius 2 is 1.59 bits per heavy atom. The molecule has 2 N–H and O–H groups in total. The van der Waals surface area contributed by atoms with E-state index in [0.29, 0.717) is 50.7 Å². The number of ether oxygens (including phenoxy) is 3. The van der Waals surface area contributed by atoms with Crippen molar-refractivity contribution in [3.8, 4) is 34.3 Å². The van der Waals surface area contributed by atoms with Crippen LogP contribution in [-0.2, 0) is 0 Å². The van der Waals surface area contributed by atoms with Gasteiger partial charge in [0.1, 0.15) is 5.75 Å². The molecule has 0 bridgehead atoms. The van der Waals surface area contributed by atoms with Gasteiger partial charge >= 0.3 is 0 Å². The molecule has 32 heavy (non-hydrogen) atoms. The van der Waals surface area contributed by atoms with Crippen molar-refractivity contribution in [2.24, 2.45) is 0 Å². The summed E-state index contributed by atoms with van der Waals surface area (Å²) in [5.41, 5.74) is 2.88. The van der Waals surface area contributed by atoms with Gasteiger partial charge in [0.15, 0.2) is 11.5 Å². The second kappa shape index (κ2) is 8.85. The Labute approximate surface area is 185 Å². The van der Waals surface area contributed by atoms with Crippen LogP contribution in [0.15, 0.2) is 66.7 Å². The number of benzene rings is 3. The number of fused-ring (bicyclic) bond motifs is 1. The molecule has 0 saturated heterocycles. The Kier molecular flexibility index (Phi) is 5.81. The molecule has 3 aromatic carbocycles. The molecule has 1 amide bonds. The highest BCUT2D eigenvalue weighted by Crippen LogP contribution is 2.41. The van der Waals surface area contributed by atoms with Crippen LogP contribution in [0.25, 0.3) is 22.2 Å². The standard InChI is InChI=1S/C25H22N2O5/c1-30-22-11-15(12-23(31-2)24(22)32-3)21-14-19(18-9-4-5-10-20(18)27-21)25(29)26-16-7-6-8-17(28)13-16/h4-14,28H,1-3H3,(H,26,29). The smallest absolute Gasteiger partial charge is 0.256 e. The van der Waals surface area contributed by atoms with E-state index >= 15 is 0 Å². The normalized spacial score (nSPS) is 10.6. The lowest BCUT2D eigenvalue weighted by atomic mass is 10.0. The first-order valence-electron chi connectivity index (χ1n) is 9.84. The van der Waals surface area contributed by atoms with E-state index in [1.807, 2.05) is 24.3 Å². The predicted octanol–water partition coefficient (Wildman–Crippen LogP) is 4.89. The zero-order chi connectivity index (χ0) is 22.7. The van der Waals surface area contributed by atoms with Crippen LogP contribution in [0.2, 0.25) is 0 Å².